The molecule has 0 aliphatic heterocycles. The van der Waals surface area contributed by atoms with Gasteiger partial charge in [-0.3, -0.25) is 9.71 Å². The molecule has 35 heavy (non-hydrogen) atoms. The van der Waals surface area contributed by atoms with E-state index in [1.54, 1.807) is 0 Å². The van der Waals surface area contributed by atoms with E-state index in [0.29, 0.717) is 12.5 Å². The molecule has 2 aromatic heterocycles. The molecule has 0 saturated heterocycles. The van der Waals surface area contributed by atoms with E-state index in [2.05, 4.69) is 65.3 Å². The van der Waals surface area contributed by atoms with E-state index >= 15 is 0 Å². The van der Waals surface area contributed by atoms with Gasteiger partial charge in [-0.2, -0.15) is 0 Å². The van der Waals surface area contributed by atoms with Crippen LogP contribution in [0, 0.1) is 13.8 Å². The number of rotatable bonds is 8. The largest absolute Gasteiger partial charge is 0.488 e. The Morgan fingerprint density at radius 3 is 2.60 bits per heavy atom. The highest BCUT2D eigenvalue weighted by molar-refractivity contribution is 8.00. The quantitative estimate of drug-likeness (QED) is 0.261. The second-order valence-corrected chi connectivity index (χ2v) is 9.85. The Balaban J connectivity index is 1.29. The summed E-state index contributed by atoms with van der Waals surface area (Å²) >= 11 is 1.54. The van der Waals surface area contributed by atoms with Gasteiger partial charge in [-0.25, -0.2) is 0 Å². The van der Waals surface area contributed by atoms with E-state index in [1.807, 2.05) is 19.9 Å². The van der Waals surface area contributed by atoms with Crippen molar-refractivity contribution in [1.29, 1.82) is 0 Å². The standard InChI is InChI=1S/C29H31N3O2S/c1-4-23-17-27(25-10-5-7-11-26(25)30-23)33-18-21-13-15-22(16-14-21)24-9-6-8-12-28(24)35-32-29-19(2)20(3)31-34-29/h6,8-9,12-17,32H,4-5,7,10-11,18H2,1-3H3. The van der Waals surface area contributed by atoms with Gasteiger partial charge < -0.3 is 9.26 Å². The molecule has 0 bridgehead atoms. The van der Waals surface area contributed by atoms with Crippen LogP contribution in [0.3, 0.4) is 0 Å². The predicted octanol–water partition coefficient (Wildman–Crippen LogP) is 7.49. The maximum absolute atomic E-state index is 6.33. The summed E-state index contributed by atoms with van der Waals surface area (Å²) in [6, 6.07) is 19.2. The van der Waals surface area contributed by atoms with Crippen LogP contribution >= 0.6 is 11.9 Å². The number of fused-ring (bicyclic) bond motifs is 1. The minimum Gasteiger partial charge on any atom is -0.488 e. The van der Waals surface area contributed by atoms with Gasteiger partial charge in [0.15, 0.2) is 0 Å². The number of pyridine rings is 1. The maximum atomic E-state index is 6.33. The van der Waals surface area contributed by atoms with Crippen LogP contribution in [0.25, 0.3) is 11.1 Å². The molecule has 2 aromatic carbocycles. The number of nitrogens with one attached hydrogen (secondary N) is 1. The normalized spacial score (nSPS) is 12.9. The Hall–Kier alpha value is -3.25. The fourth-order valence-electron chi connectivity index (χ4n) is 4.38. The van der Waals surface area contributed by atoms with E-state index in [4.69, 9.17) is 14.2 Å². The van der Waals surface area contributed by atoms with Crippen LogP contribution in [0.2, 0.25) is 0 Å². The van der Waals surface area contributed by atoms with Crippen molar-refractivity contribution in [3.05, 3.63) is 88.4 Å². The Labute approximate surface area is 211 Å². The molecular formula is C29H31N3O2S. The summed E-state index contributed by atoms with van der Waals surface area (Å²) in [7, 11) is 0. The molecule has 0 spiro atoms. The number of nitrogens with zero attached hydrogens (tertiary/aromatic N) is 2. The van der Waals surface area contributed by atoms with E-state index in [-0.39, 0.29) is 0 Å². The van der Waals surface area contributed by atoms with Crippen molar-refractivity contribution in [3.8, 4) is 16.9 Å². The topological polar surface area (TPSA) is 60.2 Å². The number of benzene rings is 2. The van der Waals surface area contributed by atoms with Crippen molar-refractivity contribution in [2.75, 3.05) is 4.72 Å². The fraction of sp³-hybridized carbons (Fsp3) is 0.310. The van der Waals surface area contributed by atoms with E-state index in [9.17, 15) is 0 Å². The van der Waals surface area contributed by atoms with Crippen molar-refractivity contribution in [2.24, 2.45) is 0 Å². The van der Waals surface area contributed by atoms with Crippen LogP contribution in [0.5, 0.6) is 5.75 Å². The zero-order valence-electron chi connectivity index (χ0n) is 20.6. The molecule has 0 unspecified atom stereocenters. The lowest BCUT2D eigenvalue weighted by molar-refractivity contribution is 0.300. The molecule has 180 valence electrons. The Kier molecular flexibility index (Phi) is 7.09. The average molecular weight is 486 g/mol. The summed E-state index contributed by atoms with van der Waals surface area (Å²) in [5.41, 5.74) is 9.08. The summed E-state index contributed by atoms with van der Waals surface area (Å²) in [5.74, 6) is 1.71. The molecule has 6 heteroatoms. The lowest BCUT2D eigenvalue weighted by Crippen LogP contribution is -2.10. The number of anilines is 1. The molecule has 0 amide bonds. The highest BCUT2D eigenvalue weighted by atomic mass is 32.2. The van der Waals surface area contributed by atoms with Gasteiger partial charge >= 0.3 is 0 Å². The molecular weight excluding hydrogens is 454 g/mol. The van der Waals surface area contributed by atoms with Crippen molar-refractivity contribution in [2.45, 2.75) is 64.4 Å². The van der Waals surface area contributed by atoms with Crippen LogP contribution in [-0.2, 0) is 25.9 Å². The number of ether oxygens (including phenoxy) is 1. The van der Waals surface area contributed by atoms with Crippen molar-refractivity contribution >= 4 is 17.8 Å². The van der Waals surface area contributed by atoms with Gasteiger partial charge in [0.05, 0.1) is 5.69 Å². The lowest BCUT2D eigenvalue weighted by Gasteiger charge is -2.20. The third-order valence-corrected chi connectivity index (χ3v) is 7.50. The first kappa shape index (κ1) is 23.5. The van der Waals surface area contributed by atoms with Gasteiger partial charge in [-0.15, -0.1) is 0 Å². The predicted molar refractivity (Wildman–Crippen MR) is 142 cm³/mol. The third-order valence-electron chi connectivity index (χ3n) is 6.63. The molecule has 0 saturated carbocycles. The molecule has 0 fully saturated rings. The summed E-state index contributed by atoms with van der Waals surface area (Å²) in [5, 5.41) is 4.03. The van der Waals surface area contributed by atoms with Gasteiger partial charge in [0.25, 0.3) is 0 Å². The zero-order chi connectivity index (χ0) is 24.2. The minimum absolute atomic E-state index is 0.558. The molecule has 5 rings (SSSR count). The van der Waals surface area contributed by atoms with Crippen molar-refractivity contribution in [3.63, 3.8) is 0 Å². The SMILES string of the molecule is CCc1cc(OCc2ccc(-c3ccccc3SNc3onc(C)c3C)cc2)c2c(n1)CCCC2. The van der Waals surface area contributed by atoms with Gasteiger partial charge in [-0.05, 0) is 80.7 Å². The van der Waals surface area contributed by atoms with Crippen LogP contribution in [0.15, 0.2) is 64.0 Å². The maximum Gasteiger partial charge on any atom is 0.237 e. The number of aromatic nitrogens is 2. The second kappa shape index (κ2) is 10.6. The minimum atomic E-state index is 0.558. The molecule has 0 atom stereocenters. The van der Waals surface area contributed by atoms with Gasteiger partial charge in [0, 0.05) is 33.5 Å². The Morgan fingerprint density at radius 1 is 1.03 bits per heavy atom. The molecule has 1 aliphatic carbocycles. The van der Waals surface area contributed by atoms with Gasteiger partial charge in [0.1, 0.15) is 12.4 Å². The van der Waals surface area contributed by atoms with Gasteiger partial charge in [-0.1, -0.05) is 54.5 Å². The average Bonchev–Trinajstić information content (AvgIpc) is 3.23. The van der Waals surface area contributed by atoms with Crippen LogP contribution < -0.4 is 9.46 Å². The number of hydrogen-bond donors (Lipinski definition) is 1. The highest BCUT2D eigenvalue weighted by Gasteiger charge is 2.17. The summed E-state index contributed by atoms with van der Waals surface area (Å²) in [4.78, 5) is 5.97. The van der Waals surface area contributed by atoms with Crippen LogP contribution in [0.4, 0.5) is 5.88 Å². The van der Waals surface area contributed by atoms with E-state index in [1.165, 1.54) is 47.2 Å². The molecule has 0 radical (unpaired) electrons. The highest BCUT2D eigenvalue weighted by Crippen LogP contribution is 2.34. The smallest absolute Gasteiger partial charge is 0.237 e. The lowest BCUT2D eigenvalue weighted by atomic mass is 9.94. The Morgan fingerprint density at radius 2 is 1.83 bits per heavy atom. The number of aryl methyl sites for hydroxylation is 3. The van der Waals surface area contributed by atoms with Crippen molar-refractivity contribution < 1.29 is 9.26 Å². The first-order chi connectivity index (χ1) is 17.1. The van der Waals surface area contributed by atoms with E-state index in [0.717, 1.165) is 52.4 Å². The first-order valence-corrected chi connectivity index (χ1v) is 13.1. The second-order valence-electron chi connectivity index (χ2n) is 9.01. The zero-order valence-corrected chi connectivity index (χ0v) is 21.4. The summed E-state index contributed by atoms with van der Waals surface area (Å²) in [6.07, 6.45) is 5.50. The molecule has 5 nitrogen and oxygen atoms in total. The van der Waals surface area contributed by atoms with Crippen molar-refractivity contribution in [1.82, 2.24) is 10.1 Å². The summed E-state index contributed by atoms with van der Waals surface area (Å²) in [6.45, 7) is 6.66. The molecule has 2 heterocycles. The van der Waals surface area contributed by atoms with E-state index < -0.39 is 0 Å². The number of hydrogen-bond acceptors (Lipinski definition) is 6. The third kappa shape index (κ3) is 5.22. The summed E-state index contributed by atoms with van der Waals surface area (Å²) < 4.78 is 15.0. The first-order valence-electron chi connectivity index (χ1n) is 12.3. The van der Waals surface area contributed by atoms with Crippen LogP contribution in [0.1, 0.15) is 53.5 Å². The molecule has 1 aliphatic rings. The Bertz CT molecular complexity index is 1310. The molecule has 4 aromatic rings. The van der Waals surface area contributed by atoms with Crippen LogP contribution in [-0.4, -0.2) is 10.1 Å². The fourth-order valence-corrected chi connectivity index (χ4v) is 5.22. The van der Waals surface area contributed by atoms with Gasteiger partial charge in [0.2, 0.25) is 5.88 Å². The monoisotopic (exact) mass is 485 g/mol. The molecule has 1 N–H and O–H groups in total.